The van der Waals surface area contributed by atoms with Crippen LogP contribution < -0.4 is 0 Å². The summed E-state index contributed by atoms with van der Waals surface area (Å²) in [6.45, 7) is 1.86. The lowest BCUT2D eigenvalue weighted by Gasteiger charge is -2.12. The van der Waals surface area contributed by atoms with Crippen molar-refractivity contribution in [1.82, 2.24) is 0 Å². The van der Waals surface area contributed by atoms with E-state index in [1.54, 1.807) is 5.38 Å². The zero-order valence-corrected chi connectivity index (χ0v) is 12.0. The molecule has 0 bridgehead atoms. The van der Waals surface area contributed by atoms with Crippen LogP contribution >= 0.6 is 27.3 Å². The lowest BCUT2D eigenvalue weighted by atomic mass is 10.0. The summed E-state index contributed by atoms with van der Waals surface area (Å²) in [7, 11) is 0. The zero-order valence-electron chi connectivity index (χ0n) is 9.58. The van der Waals surface area contributed by atoms with E-state index >= 15 is 0 Å². The lowest BCUT2D eigenvalue weighted by Crippen LogP contribution is -2.06. The monoisotopic (exact) mass is 332 g/mol. The molecular formula is C13H11BrF2OS. The first kappa shape index (κ1) is 13.6. The molecule has 5 heteroatoms. The maximum atomic E-state index is 13.8. The number of benzene rings is 1. The Morgan fingerprint density at radius 2 is 2.06 bits per heavy atom. The fourth-order valence-electron chi connectivity index (χ4n) is 1.77. The van der Waals surface area contributed by atoms with Gasteiger partial charge in [0.1, 0.15) is 11.6 Å². The van der Waals surface area contributed by atoms with Gasteiger partial charge in [0.25, 0.3) is 0 Å². The standard InChI is InChI=1S/C13H11BrF2OS/c1-7-5-18-6-9(7)12(17)4-8-11(15)3-2-10(14)13(8)16/h2-3,5-6,12,17H,4H2,1H3. The minimum absolute atomic E-state index is 0.0747. The molecule has 0 saturated carbocycles. The molecule has 1 atom stereocenters. The second-order valence-electron chi connectivity index (χ2n) is 4.05. The molecule has 1 heterocycles. The highest BCUT2D eigenvalue weighted by Crippen LogP contribution is 2.29. The fourth-order valence-corrected chi connectivity index (χ4v) is 3.04. The maximum Gasteiger partial charge on any atom is 0.143 e. The van der Waals surface area contributed by atoms with E-state index in [1.807, 2.05) is 12.3 Å². The highest BCUT2D eigenvalue weighted by molar-refractivity contribution is 9.10. The Morgan fingerprint density at radius 3 is 2.67 bits per heavy atom. The summed E-state index contributed by atoms with van der Waals surface area (Å²) < 4.78 is 27.5. The zero-order chi connectivity index (χ0) is 13.3. The molecule has 0 fully saturated rings. The van der Waals surface area contributed by atoms with E-state index in [4.69, 9.17) is 0 Å². The molecule has 1 unspecified atom stereocenters. The molecule has 0 aliphatic rings. The molecule has 1 N–H and O–H groups in total. The SMILES string of the molecule is Cc1cscc1C(O)Cc1c(F)ccc(Br)c1F. The highest BCUT2D eigenvalue weighted by atomic mass is 79.9. The first-order valence-corrected chi connectivity index (χ1v) is 7.07. The van der Waals surface area contributed by atoms with Crippen molar-refractivity contribution in [2.45, 2.75) is 19.4 Å². The van der Waals surface area contributed by atoms with Crippen molar-refractivity contribution in [3.05, 3.63) is 55.7 Å². The molecule has 2 aromatic rings. The molecule has 1 nitrogen and oxygen atoms in total. The van der Waals surface area contributed by atoms with Gasteiger partial charge in [-0.05, 0) is 56.9 Å². The Labute approximate surface area is 116 Å². The van der Waals surface area contributed by atoms with Gasteiger partial charge >= 0.3 is 0 Å². The molecule has 0 radical (unpaired) electrons. The molecule has 2 rings (SSSR count). The Hall–Kier alpha value is -0.780. The van der Waals surface area contributed by atoms with E-state index in [0.717, 1.165) is 11.1 Å². The average molecular weight is 333 g/mol. The van der Waals surface area contributed by atoms with Gasteiger partial charge in [-0.1, -0.05) is 0 Å². The third-order valence-corrected chi connectivity index (χ3v) is 4.28. The van der Waals surface area contributed by atoms with Crippen LogP contribution in [0.15, 0.2) is 27.4 Å². The summed E-state index contributed by atoms with van der Waals surface area (Å²) >= 11 is 4.47. The van der Waals surface area contributed by atoms with Gasteiger partial charge in [-0.25, -0.2) is 8.78 Å². The van der Waals surface area contributed by atoms with E-state index in [1.165, 1.54) is 23.5 Å². The summed E-state index contributed by atoms with van der Waals surface area (Å²) in [5.74, 6) is -1.29. The second kappa shape index (κ2) is 5.47. The van der Waals surface area contributed by atoms with E-state index in [-0.39, 0.29) is 16.5 Å². The van der Waals surface area contributed by atoms with Crippen LogP contribution in [0, 0.1) is 18.6 Å². The first-order chi connectivity index (χ1) is 8.50. The van der Waals surface area contributed by atoms with Crippen molar-refractivity contribution in [1.29, 1.82) is 0 Å². The van der Waals surface area contributed by atoms with Gasteiger partial charge < -0.3 is 5.11 Å². The van der Waals surface area contributed by atoms with Crippen LogP contribution in [0.1, 0.15) is 22.8 Å². The smallest absolute Gasteiger partial charge is 0.143 e. The van der Waals surface area contributed by atoms with Crippen LogP contribution in [0.3, 0.4) is 0 Å². The first-order valence-electron chi connectivity index (χ1n) is 5.34. The van der Waals surface area contributed by atoms with Crippen molar-refractivity contribution in [3.8, 4) is 0 Å². The normalized spacial score (nSPS) is 12.7. The minimum Gasteiger partial charge on any atom is -0.388 e. The van der Waals surface area contributed by atoms with Gasteiger partial charge in [0.05, 0.1) is 10.6 Å². The van der Waals surface area contributed by atoms with E-state index < -0.39 is 17.7 Å². The molecule has 0 amide bonds. The molecule has 0 aliphatic heterocycles. The van der Waals surface area contributed by atoms with Crippen molar-refractivity contribution >= 4 is 27.3 Å². The van der Waals surface area contributed by atoms with Gasteiger partial charge in [0.2, 0.25) is 0 Å². The van der Waals surface area contributed by atoms with Crippen molar-refractivity contribution in [3.63, 3.8) is 0 Å². The molecule has 0 aliphatic carbocycles. The van der Waals surface area contributed by atoms with Gasteiger partial charge in [-0.2, -0.15) is 11.3 Å². The van der Waals surface area contributed by atoms with Crippen LogP contribution in [-0.4, -0.2) is 5.11 Å². The second-order valence-corrected chi connectivity index (χ2v) is 5.65. The van der Waals surface area contributed by atoms with E-state index in [9.17, 15) is 13.9 Å². The lowest BCUT2D eigenvalue weighted by molar-refractivity contribution is 0.175. The number of halogens is 3. The van der Waals surface area contributed by atoms with E-state index in [0.29, 0.717) is 0 Å². The quantitative estimate of drug-likeness (QED) is 0.827. The largest absolute Gasteiger partial charge is 0.388 e. The maximum absolute atomic E-state index is 13.8. The van der Waals surface area contributed by atoms with Crippen LogP contribution in [-0.2, 0) is 6.42 Å². The number of thiophene rings is 1. The fraction of sp³-hybridized carbons (Fsp3) is 0.231. The van der Waals surface area contributed by atoms with Crippen LogP contribution in [0.5, 0.6) is 0 Å². The highest BCUT2D eigenvalue weighted by Gasteiger charge is 2.18. The Kier molecular flexibility index (Phi) is 4.14. The van der Waals surface area contributed by atoms with Crippen molar-refractivity contribution < 1.29 is 13.9 Å². The van der Waals surface area contributed by atoms with Crippen LogP contribution in [0.25, 0.3) is 0 Å². The number of hydrogen-bond donors (Lipinski definition) is 1. The molecule has 1 aromatic heterocycles. The van der Waals surface area contributed by atoms with Crippen molar-refractivity contribution in [2.24, 2.45) is 0 Å². The third-order valence-electron chi connectivity index (χ3n) is 2.79. The van der Waals surface area contributed by atoms with E-state index in [2.05, 4.69) is 15.9 Å². The van der Waals surface area contributed by atoms with Gasteiger partial charge in [0.15, 0.2) is 0 Å². The van der Waals surface area contributed by atoms with Crippen LogP contribution in [0.2, 0.25) is 0 Å². The predicted molar refractivity (Wildman–Crippen MR) is 71.8 cm³/mol. The number of aliphatic hydroxyl groups is 1. The molecule has 18 heavy (non-hydrogen) atoms. The molecular weight excluding hydrogens is 322 g/mol. The van der Waals surface area contributed by atoms with Gasteiger partial charge in [0, 0.05) is 12.0 Å². The summed E-state index contributed by atoms with van der Waals surface area (Å²) in [5, 5.41) is 13.7. The third kappa shape index (κ3) is 2.63. The Balaban J connectivity index is 2.30. The average Bonchev–Trinajstić information content (AvgIpc) is 2.76. The molecule has 1 aromatic carbocycles. The predicted octanol–water partition coefficient (Wildman–Crippen LogP) is 4.37. The Morgan fingerprint density at radius 1 is 1.33 bits per heavy atom. The topological polar surface area (TPSA) is 20.2 Å². The summed E-state index contributed by atoms with van der Waals surface area (Å²) in [4.78, 5) is 0. The number of rotatable bonds is 3. The summed E-state index contributed by atoms with van der Waals surface area (Å²) in [6.07, 6.45) is -0.969. The number of aryl methyl sites for hydroxylation is 1. The molecule has 0 spiro atoms. The Bertz CT molecular complexity index is 568. The number of hydrogen-bond acceptors (Lipinski definition) is 2. The van der Waals surface area contributed by atoms with Crippen LogP contribution in [0.4, 0.5) is 8.78 Å². The summed E-state index contributed by atoms with van der Waals surface area (Å²) in [5.41, 5.74) is 1.56. The van der Waals surface area contributed by atoms with Gasteiger partial charge in [-0.3, -0.25) is 0 Å². The molecule has 96 valence electrons. The minimum atomic E-state index is -0.894. The van der Waals surface area contributed by atoms with Gasteiger partial charge in [-0.15, -0.1) is 0 Å². The molecule has 0 saturated heterocycles. The summed E-state index contributed by atoms with van der Waals surface area (Å²) in [6, 6.07) is 2.51. The van der Waals surface area contributed by atoms with Crippen molar-refractivity contribution in [2.75, 3.05) is 0 Å². The number of aliphatic hydroxyl groups excluding tert-OH is 1.